The molecule has 0 amide bonds. The molecule has 16 heavy (non-hydrogen) atoms. The molecule has 0 unspecified atom stereocenters. The van der Waals surface area contributed by atoms with Gasteiger partial charge in [0.25, 0.3) is 5.69 Å². The number of nitrogens with zero attached hydrogens (tertiary/aromatic N) is 1. The maximum absolute atomic E-state index is 11.6. The molecule has 0 N–H and O–H groups in total. The Labute approximate surface area is 97.2 Å². The summed E-state index contributed by atoms with van der Waals surface area (Å²) >= 11 is 1.06. The lowest BCUT2D eigenvalue weighted by Gasteiger charge is -2.01. The van der Waals surface area contributed by atoms with Crippen molar-refractivity contribution >= 4 is 27.3 Å². The van der Waals surface area contributed by atoms with E-state index < -0.39 is 14.8 Å². The van der Waals surface area contributed by atoms with Gasteiger partial charge >= 0.3 is 0 Å². The summed E-state index contributed by atoms with van der Waals surface area (Å²) in [7, 11) is -3.40. The zero-order valence-electron chi connectivity index (χ0n) is 8.20. The average Bonchev–Trinajstić information content (AvgIpc) is 2.26. The molecule has 1 rings (SSSR count). The second kappa shape index (κ2) is 5.13. The molecular formula is C9H9NO4S2. The van der Waals surface area contributed by atoms with Gasteiger partial charge in [0.1, 0.15) is 5.08 Å². The van der Waals surface area contributed by atoms with Crippen LogP contribution in [-0.4, -0.2) is 18.4 Å². The highest BCUT2D eigenvalue weighted by Gasteiger charge is 2.15. The van der Waals surface area contributed by atoms with Crippen LogP contribution >= 0.6 is 11.8 Å². The maximum Gasteiger partial charge on any atom is 0.269 e. The first-order valence-electron chi connectivity index (χ1n) is 4.17. The van der Waals surface area contributed by atoms with Gasteiger partial charge in [-0.3, -0.25) is 10.1 Å². The quantitative estimate of drug-likeness (QED) is 0.598. The van der Waals surface area contributed by atoms with E-state index in [9.17, 15) is 18.5 Å². The van der Waals surface area contributed by atoms with E-state index in [1.165, 1.54) is 29.7 Å². The molecule has 0 heterocycles. The van der Waals surface area contributed by atoms with Gasteiger partial charge in [-0.15, -0.1) is 11.8 Å². The third-order valence-corrected chi connectivity index (χ3v) is 4.76. The van der Waals surface area contributed by atoms with Crippen molar-refractivity contribution in [1.29, 1.82) is 0 Å². The average molecular weight is 259 g/mol. The third-order valence-electron chi connectivity index (χ3n) is 1.75. The molecule has 1 aromatic rings. The van der Waals surface area contributed by atoms with Crippen LogP contribution in [0.1, 0.15) is 0 Å². The fourth-order valence-corrected chi connectivity index (χ4v) is 3.18. The van der Waals surface area contributed by atoms with E-state index in [1.807, 2.05) is 0 Å². The summed E-state index contributed by atoms with van der Waals surface area (Å²) in [5.41, 5.74) is -0.129. The minimum Gasteiger partial charge on any atom is -0.258 e. The van der Waals surface area contributed by atoms with Crippen LogP contribution in [0.15, 0.2) is 41.1 Å². The number of nitro groups is 1. The Bertz CT molecular complexity index is 493. The van der Waals surface area contributed by atoms with E-state index in [4.69, 9.17) is 0 Å². The SMILES string of the molecule is C=CSCS(=O)(=O)c1ccc([N+](=O)[O-])cc1. The first kappa shape index (κ1) is 12.7. The molecule has 0 saturated heterocycles. The van der Waals surface area contributed by atoms with E-state index in [1.54, 1.807) is 0 Å². The molecule has 5 nitrogen and oxygen atoms in total. The molecule has 0 bridgehead atoms. The standard InChI is InChI=1S/C9H9NO4S2/c1-2-15-7-16(13,14)9-5-3-8(4-6-9)10(11)12/h2-6H,1,7H2. The van der Waals surface area contributed by atoms with Gasteiger partial charge in [-0.1, -0.05) is 6.58 Å². The summed E-state index contributed by atoms with van der Waals surface area (Å²) in [6, 6.07) is 4.81. The number of rotatable bonds is 5. The Hall–Kier alpha value is -1.34. The number of benzene rings is 1. The lowest BCUT2D eigenvalue weighted by molar-refractivity contribution is -0.384. The fraction of sp³-hybridized carbons (Fsp3) is 0.111. The van der Waals surface area contributed by atoms with Crippen LogP contribution in [0.25, 0.3) is 0 Å². The third kappa shape index (κ3) is 3.07. The molecule has 7 heteroatoms. The highest BCUT2D eigenvalue weighted by atomic mass is 32.3. The van der Waals surface area contributed by atoms with E-state index in [-0.39, 0.29) is 15.7 Å². The van der Waals surface area contributed by atoms with Crippen LogP contribution in [0.2, 0.25) is 0 Å². The monoisotopic (exact) mass is 259 g/mol. The second-order valence-electron chi connectivity index (χ2n) is 2.82. The number of nitro benzene ring substituents is 1. The van der Waals surface area contributed by atoms with Crippen LogP contribution in [0.4, 0.5) is 5.69 Å². The molecule has 0 aromatic heterocycles. The first-order valence-corrected chi connectivity index (χ1v) is 6.87. The van der Waals surface area contributed by atoms with Crippen LogP contribution in [0.3, 0.4) is 0 Å². The largest absolute Gasteiger partial charge is 0.269 e. The van der Waals surface area contributed by atoms with Crippen molar-refractivity contribution < 1.29 is 13.3 Å². The molecule has 0 aliphatic rings. The zero-order valence-corrected chi connectivity index (χ0v) is 9.83. The molecule has 0 aliphatic carbocycles. The van der Waals surface area contributed by atoms with Gasteiger partial charge < -0.3 is 0 Å². The van der Waals surface area contributed by atoms with Gasteiger partial charge in [-0.05, 0) is 17.5 Å². The number of hydrogen-bond donors (Lipinski definition) is 0. The predicted octanol–water partition coefficient (Wildman–Crippen LogP) is 2.20. The maximum atomic E-state index is 11.6. The van der Waals surface area contributed by atoms with E-state index in [2.05, 4.69) is 6.58 Å². The number of non-ortho nitro benzene ring substituents is 1. The van der Waals surface area contributed by atoms with Crippen molar-refractivity contribution in [2.75, 3.05) is 5.08 Å². The van der Waals surface area contributed by atoms with Crippen molar-refractivity contribution in [3.05, 3.63) is 46.4 Å². The van der Waals surface area contributed by atoms with Crippen molar-refractivity contribution in [2.45, 2.75) is 4.90 Å². The van der Waals surface area contributed by atoms with Gasteiger partial charge in [0.15, 0.2) is 9.84 Å². The molecule has 0 spiro atoms. The van der Waals surface area contributed by atoms with E-state index in [0.717, 1.165) is 11.8 Å². The topological polar surface area (TPSA) is 77.3 Å². The van der Waals surface area contributed by atoms with Crippen molar-refractivity contribution in [1.82, 2.24) is 0 Å². The smallest absolute Gasteiger partial charge is 0.258 e. The number of thioether (sulfide) groups is 1. The van der Waals surface area contributed by atoms with Crippen LogP contribution in [0.5, 0.6) is 0 Å². The summed E-state index contributed by atoms with van der Waals surface area (Å²) < 4.78 is 23.3. The van der Waals surface area contributed by atoms with E-state index >= 15 is 0 Å². The minimum atomic E-state index is -3.40. The first-order chi connectivity index (χ1) is 7.47. The summed E-state index contributed by atoms with van der Waals surface area (Å²) in [4.78, 5) is 9.87. The van der Waals surface area contributed by atoms with Gasteiger partial charge in [0.2, 0.25) is 0 Å². The highest BCUT2D eigenvalue weighted by molar-refractivity contribution is 8.14. The Morgan fingerprint density at radius 3 is 2.38 bits per heavy atom. The van der Waals surface area contributed by atoms with Crippen LogP contribution in [0, 0.1) is 10.1 Å². The van der Waals surface area contributed by atoms with Gasteiger partial charge in [-0.2, -0.15) is 0 Å². The Balaban J connectivity index is 2.97. The summed E-state index contributed by atoms with van der Waals surface area (Å²) in [5, 5.41) is 11.7. The lowest BCUT2D eigenvalue weighted by Crippen LogP contribution is -2.03. The zero-order chi connectivity index (χ0) is 12.2. The molecule has 0 fully saturated rings. The van der Waals surface area contributed by atoms with Crippen molar-refractivity contribution in [3.8, 4) is 0 Å². The Morgan fingerprint density at radius 1 is 1.38 bits per heavy atom. The highest BCUT2D eigenvalue weighted by Crippen LogP contribution is 2.19. The van der Waals surface area contributed by atoms with E-state index in [0.29, 0.717) is 0 Å². The summed E-state index contributed by atoms with van der Waals surface area (Å²) in [5.74, 6) is 0. The fourth-order valence-electron chi connectivity index (χ4n) is 0.981. The Kier molecular flexibility index (Phi) is 4.08. The summed E-state index contributed by atoms with van der Waals surface area (Å²) in [6.45, 7) is 3.40. The predicted molar refractivity (Wildman–Crippen MR) is 62.9 cm³/mol. The second-order valence-corrected chi connectivity index (χ2v) is 6.13. The Morgan fingerprint density at radius 2 is 1.94 bits per heavy atom. The van der Waals surface area contributed by atoms with Crippen molar-refractivity contribution in [3.63, 3.8) is 0 Å². The molecule has 1 aromatic carbocycles. The van der Waals surface area contributed by atoms with Crippen LogP contribution < -0.4 is 0 Å². The summed E-state index contributed by atoms with van der Waals surface area (Å²) in [6.07, 6.45) is 0. The molecular weight excluding hydrogens is 250 g/mol. The van der Waals surface area contributed by atoms with Gasteiger partial charge in [0, 0.05) is 12.1 Å². The molecule has 0 radical (unpaired) electrons. The van der Waals surface area contributed by atoms with Crippen LogP contribution in [-0.2, 0) is 9.84 Å². The minimum absolute atomic E-state index is 0.0763. The molecule has 0 atom stereocenters. The van der Waals surface area contributed by atoms with Gasteiger partial charge in [0.05, 0.1) is 9.82 Å². The van der Waals surface area contributed by atoms with Gasteiger partial charge in [-0.25, -0.2) is 8.42 Å². The normalized spacial score (nSPS) is 11.0. The molecule has 0 saturated carbocycles. The molecule has 0 aliphatic heterocycles. The lowest BCUT2D eigenvalue weighted by atomic mass is 10.3. The van der Waals surface area contributed by atoms with Crippen molar-refractivity contribution in [2.24, 2.45) is 0 Å². The molecule has 86 valence electrons. The number of sulfone groups is 1. The number of hydrogen-bond acceptors (Lipinski definition) is 5.